The lowest BCUT2D eigenvalue weighted by Crippen LogP contribution is -2.43. The normalized spacial score (nSPS) is 16.4. The first-order chi connectivity index (χ1) is 10.3. The summed E-state index contributed by atoms with van der Waals surface area (Å²) in [4.78, 5) is 21.6. The summed E-state index contributed by atoms with van der Waals surface area (Å²) in [5.41, 5.74) is 4.53. The number of carbonyl (C=O) groups is 1. The van der Waals surface area contributed by atoms with Gasteiger partial charge in [0.25, 0.3) is 0 Å². The van der Waals surface area contributed by atoms with Gasteiger partial charge in [-0.15, -0.1) is 0 Å². The number of amides is 2. The number of urea groups is 1. The van der Waals surface area contributed by atoms with Crippen molar-refractivity contribution in [3.8, 4) is 0 Å². The first-order valence-electron chi connectivity index (χ1n) is 7.18. The predicted molar refractivity (Wildman–Crippen MR) is 82.1 cm³/mol. The number of carbonyl (C=O) groups excluding carboxylic acids is 1. The Morgan fingerprint density at radius 1 is 1.29 bits per heavy atom. The number of hydrogen-bond acceptors (Lipinski definition) is 2. The fraction of sp³-hybridized carbons (Fsp3) is 0.250. The second-order valence-electron chi connectivity index (χ2n) is 5.36. The lowest BCUT2D eigenvalue weighted by Gasteiger charge is -2.30. The number of nitrogens with zero attached hydrogens (tertiary/aromatic N) is 2. The van der Waals surface area contributed by atoms with Gasteiger partial charge in [-0.1, -0.05) is 18.2 Å². The highest BCUT2D eigenvalue weighted by molar-refractivity contribution is 5.94. The molecule has 0 spiro atoms. The molecule has 21 heavy (non-hydrogen) atoms. The molecule has 0 fully saturated rings. The van der Waals surface area contributed by atoms with E-state index in [1.807, 2.05) is 30.6 Å². The number of aliphatic imine (C=N–C) groups is 1. The van der Waals surface area contributed by atoms with E-state index in [0.29, 0.717) is 13.1 Å². The summed E-state index contributed by atoms with van der Waals surface area (Å²) in [6, 6.07) is 8.00. The largest absolute Gasteiger partial charge is 0.346 e. The molecule has 0 saturated carbocycles. The molecule has 5 nitrogen and oxygen atoms in total. The fourth-order valence-electron chi connectivity index (χ4n) is 3.01. The molecule has 1 aromatic carbocycles. The summed E-state index contributed by atoms with van der Waals surface area (Å²) in [5, 5.41) is 2.93. The summed E-state index contributed by atoms with van der Waals surface area (Å²) in [6.07, 6.45) is 5.85. The fourth-order valence-corrected chi connectivity index (χ4v) is 3.01. The van der Waals surface area contributed by atoms with Crippen molar-refractivity contribution in [3.63, 3.8) is 0 Å². The zero-order valence-electron chi connectivity index (χ0n) is 11.6. The average molecular weight is 280 g/mol. The smallest absolute Gasteiger partial charge is 0.322 e. The monoisotopic (exact) mass is 280 g/mol. The lowest BCUT2D eigenvalue weighted by molar-refractivity contribution is 0.244. The van der Waals surface area contributed by atoms with Crippen LogP contribution in [0.2, 0.25) is 0 Å². The molecular formula is C16H16N4O. The molecule has 0 atom stereocenters. The highest BCUT2D eigenvalue weighted by atomic mass is 16.2. The minimum atomic E-state index is -0.0389. The van der Waals surface area contributed by atoms with Crippen LogP contribution in [-0.4, -0.2) is 17.2 Å². The van der Waals surface area contributed by atoms with Crippen molar-refractivity contribution in [3.05, 3.63) is 47.2 Å². The zero-order valence-corrected chi connectivity index (χ0v) is 11.6. The predicted octanol–water partition coefficient (Wildman–Crippen LogP) is 2.89. The topological polar surface area (TPSA) is 60.5 Å². The third-order valence-corrected chi connectivity index (χ3v) is 4.09. The number of aromatic nitrogens is 1. The molecule has 5 heteroatoms. The molecule has 3 heterocycles. The number of benzene rings is 1. The van der Waals surface area contributed by atoms with Crippen molar-refractivity contribution in [2.75, 3.05) is 4.90 Å². The van der Waals surface area contributed by atoms with E-state index in [4.69, 9.17) is 0 Å². The van der Waals surface area contributed by atoms with Crippen molar-refractivity contribution < 1.29 is 4.79 Å². The summed E-state index contributed by atoms with van der Waals surface area (Å²) >= 11 is 0. The maximum absolute atomic E-state index is 12.2. The zero-order chi connectivity index (χ0) is 14.2. The van der Waals surface area contributed by atoms with Crippen LogP contribution >= 0.6 is 0 Å². The van der Waals surface area contributed by atoms with E-state index in [2.05, 4.69) is 21.4 Å². The Labute approximate surface area is 122 Å². The highest BCUT2D eigenvalue weighted by Crippen LogP contribution is 2.30. The van der Waals surface area contributed by atoms with Crippen molar-refractivity contribution in [1.29, 1.82) is 0 Å². The Hall–Kier alpha value is -2.56. The molecule has 0 radical (unpaired) electrons. The number of hydrogen-bond donors (Lipinski definition) is 2. The molecule has 0 unspecified atom stereocenters. The van der Waals surface area contributed by atoms with Crippen LogP contribution in [0.3, 0.4) is 0 Å². The van der Waals surface area contributed by atoms with Gasteiger partial charge < -0.3 is 10.3 Å². The van der Waals surface area contributed by atoms with Gasteiger partial charge in [-0.3, -0.25) is 4.90 Å². The molecule has 2 N–H and O–H groups in total. The van der Waals surface area contributed by atoms with Crippen LogP contribution in [0.15, 0.2) is 35.5 Å². The molecular weight excluding hydrogens is 264 g/mol. The maximum Gasteiger partial charge on any atom is 0.322 e. The number of fused-ring (bicyclic) bond motifs is 2. The van der Waals surface area contributed by atoms with E-state index < -0.39 is 0 Å². The van der Waals surface area contributed by atoms with E-state index in [0.717, 1.165) is 35.5 Å². The second kappa shape index (κ2) is 4.77. The summed E-state index contributed by atoms with van der Waals surface area (Å²) < 4.78 is 0. The number of anilines is 1. The third kappa shape index (κ3) is 2.01. The average Bonchev–Trinajstić information content (AvgIpc) is 2.93. The van der Waals surface area contributed by atoms with Crippen molar-refractivity contribution >= 4 is 23.8 Å². The van der Waals surface area contributed by atoms with E-state index >= 15 is 0 Å². The van der Waals surface area contributed by atoms with Gasteiger partial charge in [0, 0.05) is 24.5 Å². The lowest BCUT2D eigenvalue weighted by atomic mass is 10.0. The SMILES string of the molecule is O=C1NCc2ccccc2N1Cc1c[nH]c2c1CCC=N2. The molecule has 2 amide bonds. The summed E-state index contributed by atoms with van der Waals surface area (Å²) in [7, 11) is 0. The molecule has 1 aromatic heterocycles. The Morgan fingerprint density at radius 3 is 3.14 bits per heavy atom. The van der Waals surface area contributed by atoms with Crippen molar-refractivity contribution in [1.82, 2.24) is 10.3 Å². The Morgan fingerprint density at radius 2 is 2.19 bits per heavy atom. The number of aromatic amines is 1. The van der Waals surface area contributed by atoms with Gasteiger partial charge in [-0.05, 0) is 30.0 Å². The minimum Gasteiger partial charge on any atom is -0.346 e. The first-order valence-corrected chi connectivity index (χ1v) is 7.18. The van der Waals surface area contributed by atoms with Crippen molar-refractivity contribution in [2.24, 2.45) is 4.99 Å². The second-order valence-corrected chi connectivity index (χ2v) is 5.36. The van der Waals surface area contributed by atoms with Crippen LogP contribution in [0.1, 0.15) is 23.1 Å². The van der Waals surface area contributed by atoms with Crippen LogP contribution in [0.4, 0.5) is 16.3 Å². The van der Waals surface area contributed by atoms with Gasteiger partial charge >= 0.3 is 6.03 Å². The molecule has 4 rings (SSSR count). The van der Waals surface area contributed by atoms with Crippen LogP contribution < -0.4 is 10.2 Å². The van der Waals surface area contributed by atoms with E-state index in [9.17, 15) is 4.79 Å². The van der Waals surface area contributed by atoms with Gasteiger partial charge in [-0.2, -0.15) is 0 Å². The molecule has 2 aliphatic rings. The van der Waals surface area contributed by atoms with E-state index in [1.54, 1.807) is 4.90 Å². The Kier molecular flexibility index (Phi) is 2.77. The van der Waals surface area contributed by atoms with Crippen LogP contribution in [0.25, 0.3) is 0 Å². The standard InChI is InChI=1S/C16H16N4O/c21-16-19-8-11-4-1-2-6-14(11)20(16)10-12-9-18-15-13(12)5-3-7-17-15/h1-2,4,6-7,9,18H,3,5,8,10H2,(H,19,21). The molecule has 0 saturated heterocycles. The molecule has 0 bridgehead atoms. The highest BCUT2D eigenvalue weighted by Gasteiger charge is 2.25. The number of rotatable bonds is 2. The van der Waals surface area contributed by atoms with Crippen molar-refractivity contribution in [2.45, 2.75) is 25.9 Å². The number of para-hydroxylation sites is 1. The molecule has 0 aliphatic carbocycles. The Balaban J connectivity index is 1.70. The van der Waals surface area contributed by atoms with Gasteiger partial charge in [0.2, 0.25) is 0 Å². The van der Waals surface area contributed by atoms with Gasteiger partial charge in [0.15, 0.2) is 0 Å². The summed E-state index contributed by atoms with van der Waals surface area (Å²) in [5.74, 6) is 0.932. The van der Waals surface area contributed by atoms with Gasteiger partial charge in [-0.25, -0.2) is 9.79 Å². The summed E-state index contributed by atoms with van der Waals surface area (Å²) in [6.45, 7) is 1.17. The third-order valence-electron chi connectivity index (χ3n) is 4.09. The van der Waals surface area contributed by atoms with Crippen LogP contribution in [0, 0.1) is 0 Å². The quantitative estimate of drug-likeness (QED) is 0.873. The number of nitrogens with one attached hydrogen (secondary N) is 2. The van der Waals surface area contributed by atoms with Gasteiger partial charge in [0.1, 0.15) is 5.82 Å². The minimum absolute atomic E-state index is 0.0389. The first kappa shape index (κ1) is 12.2. The van der Waals surface area contributed by atoms with Crippen LogP contribution in [-0.2, 0) is 19.5 Å². The van der Waals surface area contributed by atoms with Crippen LogP contribution in [0.5, 0.6) is 0 Å². The Bertz CT molecular complexity index is 732. The van der Waals surface area contributed by atoms with E-state index in [1.165, 1.54) is 5.56 Å². The number of H-pyrrole nitrogens is 1. The van der Waals surface area contributed by atoms with Gasteiger partial charge in [0.05, 0.1) is 12.2 Å². The molecule has 106 valence electrons. The molecule has 2 aliphatic heterocycles. The van der Waals surface area contributed by atoms with E-state index in [-0.39, 0.29) is 6.03 Å². The molecule has 2 aromatic rings. The maximum atomic E-state index is 12.2.